The highest BCUT2D eigenvalue weighted by Gasteiger charge is 2.03. The molecule has 1 rings (SSSR count). The van der Waals surface area contributed by atoms with E-state index >= 15 is 0 Å². The third-order valence-corrected chi connectivity index (χ3v) is 2.55. The van der Waals surface area contributed by atoms with Gasteiger partial charge in [-0.05, 0) is 31.2 Å². The summed E-state index contributed by atoms with van der Waals surface area (Å²) in [5, 5.41) is 0. The molecule has 82 valence electrons. The highest BCUT2D eigenvalue weighted by atomic mass is 15.2. The molecule has 1 atom stereocenters. The van der Waals surface area contributed by atoms with E-state index in [2.05, 4.69) is 36.3 Å². The zero-order valence-electron chi connectivity index (χ0n) is 9.15. The first-order chi connectivity index (χ1) is 7.36. The standard InChI is InChI=1S/C13H20N2/c1-2-7-13(15-14)11-6-10-12-8-4-3-5-9-12/h2-5,8-9,13,15H,1,6-7,10-11,14H2. The summed E-state index contributed by atoms with van der Waals surface area (Å²) in [6.45, 7) is 3.72. The van der Waals surface area contributed by atoms with Crippen LogP contribution < -0.4 is 11.3 Å². The maximum atomic E-state index is 5.44. The van der Waals surface area contributed by atoms with E-state index in [9.17, 15) is 0 Å². The first-order valence-electron chi connectivity index (χ1n) is 5.47. The van der Waals surface area contributed by atoms with Crippen LogP contribution in [0.5, 0.6) is 0 Å². The first-order valence-corrected chi connectivity index (χ1v) is 5.47. The van der Waals surface area contributed by atoms with E-state index in [0.29, 0.717) is 6.04 Å². The van der Waals surface area contributed by atoms with Gasteiger partial charge < -0.3 is 0 Å². The largest absolute Gasteiger partial charge is 0.271 e. The molecule has 0 saturated heterocycles. The Kier molecular flexibility index (Phi) is 5.74. The van der Waals surface area contributed by atoms with Crippen LogP contribution in [0.3, 0.4) is 0 Å². The Bertz CT molecular complexity index is 269. The van der Waals surface area contributed by atoms with E-state index < -0.39 is 0 Å². The number of hydrazine groups is 1. The number of aryl methyl sites for hydroxylation is 1. The number of rotatable bonds is 7. The minimum absolute atomic E-state index is 0.367. The van der Waals surface area contributed by atoms with Crippen molar-refractivity contribution in [3.8, 4) is 0 Å². The smallest absolute Gasteiger partial charge is 0.0245 e. The molecule has 0 bridgehead atoms. The van der Waals surface area contributed by atoms with Gasteiger partial charge in [-0.25, -0.2) is 0 Å². The summed E-state index contributed by atoms with van der Waals surface area (Å²) in [6, 6.07) is 10.9. The van der Waals surface area contributed by atoms with Gasteiger partial charge in [-0.1, -0.05) is 36.4 Å². The fourth-order valence-corrected chi connectivity index (χ4v) is 1.67. The monoisotopic (exact) mass is 204 g/mol. The van der Waals surface area contributed by atoms with Gasteiger partial charge in [0.1, 0.15) is 0 Å². The Morgan fingerprint density at radius 1 is 1.33 bits per heavy atom. The maximum Gasteiger partial charge on any atom is 0.0245 e. The lowest BCUT2D eigenvalue weighted by Gasteiger charge is -2.13. The van der Waals surface area contributed by atoms with E-state index in [4.69, 9.17) is 5.84 Å². The van der Waals surface area contributed by atoms with Crippen molar-refractivity contribution >= 4 is 0 Å². The van der Waals surface area contributed by atoms with Crippen molar-refractivity contribution < 1.29 is 0 Å². The molecule has 0 radical (unpaired) electrons. The summed E-state index contributed by atoms with van der Waals surface area (Å²) in [4.78, 5) is 0. The van der Waals surface area contributed by atoms with Crippen molar-refractivity contribution in [1.29, 1.82) is 0 Å². The number of nitrogens with two attached hydrogens (primary N) is 1. The molecular weight excluding hydrogens is 184 g/mol. The molecule has 0 amide bonds. The second-order valence-corrected chi connectivity index (χ2v) is 3.77. The van der Waals surface area contributed by atoms with E-state index in [1.54, 1.807) is 0 Å². The Morgan fingerprint density at radius 2 is 2.07 bits per heavy atom. The minimum Gasteiger partial charge on any atom is -0.271 e. The molecule has 15 heavy (non-hydrogen) atoms. The van der Waals surface area contributed by atoms with Crippen LogP contribution in [0.1, 0.15) is 24.8 Å². The zero-order valence-corrected chi connectivity index (χ0v) is 9.15. The average Bonchev–Trinajstić information content (AvgIpc) is 2.29. The van der Waals surface area contributed by atoms with Crippen LogP contribution in [0.2, 0.25) is 0 Å². The molecule has 3 N–H and O–H groups in total. The van der Waals surface area contributed by atoms with Gasteiger partial charge in [0.15, 0.2) is 0 Å². The molecule has 2 heteroatoms. The Balaban J connectivity index is 2.23. The highest BCUT2D eigenvalue weighted by Crippen LogP contribution is 2.08. The molecule has 1 unspecified atom stereocenters. The number of hydrogen-bond donors (Lipinski definition) is 2. The van der Waals surface area contributed by atoms with Gasteiger partial charge in [0.25, 0.3) is 0 Å². The van der Waals surface area contributed by atoms with Gasteiger partial charge in [0.2, 0.25) is 0 Å². The summed E-state index contributed by atoms with van der Waals surface area (Å²) < 4.78 is 0. The minimum atomic E-state index is 0.367. The Morgan fingerprint density at radius 3 is 2.67 bits per heavy atom. The van der Waals surface area contributed by atoms with E-state index in [0.717, 1.165) is 25.7 Å². The fraction of sp³-hybridized carbons (Fsp3) is 0.385. The highest BCUT2D eigenvalue weighted by molar-refractivity contribution is 5.14. The van der Waals surface area contributed by atoms with Gasteiger partial charge >= 0.3 is 0 Å². The Hall–Kier alpha value is -1.12. The molecule has 0 aliphatic carbocycles. The quantitative estimate of drug-likeness (QED) is 0.406. The average molecular weight is 204 g/mol. The summed E-state index contributed by atoms with van der Waals surface area (Å²) in [5.41, 5.74) is 4.21. The summed E-state index contributed by atoms with van der Waals surface area (Å²) in [7, 11) is 0. The lowest BCUT2D eigenvalue weighted by Crippen LogP contribution is -2.34. The molecule has 0 spiro atoms. The van der Waals surface area contributed by atoms with Crippen LogP contribution in [-0.2, 0) is 6.42 Å². The third kappa shape index (κ3) is 4.77. The van der Waals surface area contributed by atoms with Crippen molar-refractivity contribution in [1.82, 2.24) is 5.43 Å². The van der Waals surface area contributed by atoms with Crippen LogP contribution in [0.4, 0.5) is 0 Å². The van der Waals surface area contributed by atoms with Gasteiger partial charge in [-0.3, -0.25) is 11.3 Å². The van der Waals surface area contributed by atoms with Crippen LogP contribution in [0.15, 0.2) is 43.0 Å². The molecule has 0 heterocycles. The molecule has 0 aromatic heterocycles. The number of hydrogen-bond acceptors (Lipinski definition) is 2. The van der Waals surface area contributed by atoms with Gasteiger partial charge in [-0.2, -0.15) is 0 Å². The van der Waals surface area contributed by atoms with E-state index in [1.165, 1.54) is 5.56 Å². The van der Waals surface area contributed by atoms with Crippen LogP contribution in [0, 0.1) is 0 Å². The normalized spacial score (nSPS) is 12.3. The molecule has 0 fully saturated rings. The zero-order chi connectivity index (χ0) is 10.9. The van der Waals surface area contributed by atoms with Gasteiger partial charge in [0.05, 0.1) is 0 Å². The van der Waals surface area contributed by atoms with E-state index in [1.807, 2.05) is 12.1 Å². The number of nitrogens with one attached hydrogen (secondary N) is 1. The first kappa shape index (κ1) is 12.0. The topological polar surface area (TPSA) is 38.0 Å². The van der Waals surface area contributed by atoms with Crippen molar-refractivity contribution in [2.45, 2.75) is 31.7 Å². The molecule has 0 saturated carbocycles. The Labute approximate surface area is 92.2 Å². The second kappa shape index (κ2) is 7.21. The molecule has 0 aliphatic heterocycles. The summed E-state index contributed by atoms with van der Waals surface area (Å²) >= 11 is 0. The molecule has 1 aromatic rings. The van der Waals surface area contributed by atoms with Crippen molar-refractivity contribution in [2.75, 3.05) is 0 Å². The number of benzene rings is 1. The molecule has 2 nitrogen and oxygen atoms in total. The lowest BCUT2D eigenvalue weighted by atomic mass is 10.0. The van der Waals surface area contributed by atoms with Crippen LogP contribution in [0.25, 0.3) is 0 Å². The lowest BCUT2D eigenvalue weighted by molar-refractivity contribution is 0.483. The maximum absolute atomic E-state index is 5.44. The molecule has 1 aromatic carbocycles. The van der Waals surface area contributed by atoms with Crippen molar-refractivity contribution in [2.24, 2.45) is 5.84 Å². The fourth-order valence-electron chi connectivity index (χ4n) is 1.67. The van der Waals surface area contributed by atoms with Crippen LogP contribution >= 0.6 is 0 Å². The van der Waals surface area contributed by atoms with Crippen LogP contribution in [-0.4, -0.2) is 6.04 Å². The summed E-state index contributed by atoms with van der Waals surface area (Å²) in [5.74, 6) is 5.44. The van der Waals surface area contributed by atoms with E-state index in [-0.39, 0.29) is 0 Å². The molecule has 0 aliphatic rings. The van der Waals surface area contributed by atoms with Crippen molar-refractivity contribution in [3.63, 3.8) is 0 Å². The SMILES string of the molecule is C=CCC(CCCc1ccccc1)NN. The summed E-state index contributed by atoms with van der Waals surface area (Å²) in [6.07, 6.45) is 6.22. The third-order valence-electron chi connectivity index (χ3n) is 2.55. The van der Waals surface area contributed by atoms with Gasteiger partial charge in [-0.15, -0.1) is 6.58 Å². The molecular formula is C13H20N2. The van der Waals surface area contributed by atoms with Crippen molar-refractivity contribution in [3.05, 3.63) is 48.6 Å². The van der Waals surface area contributed by atoms with Gasteiger partial charge in [0, 0.05) is 6.04 Å². The predicted molar refractivity (Wildman–Crippen MR) is 65.3 cm³/mol. The predicted octanol–water partition coefficient (Wildman–Crippen LogP) is 2.42. The second-order valence-electron chi connectivity index (χ2n) is 3.77.